The molecule has 0 saturated carbocycles. The van der Waals surface area contributed by atoms with E-state index in [-0.39, 0.29) is 0 Å². The zero-order valence-electron chi connectivity index (χ0n) is 13.0. The zero-order valence-corrected chi connectivity index (χ0v) is 13.8. The van der Waals surface area contributed by atoms with Crippen LogP contribution in [0.5, 0.6) is 5.75 Å². The van der Waals surface area contributed by atoms with Crippen molar-refractivity contribution in [1.29, 1.82) is 0 Å². The van der Waals surface area contributed by atoms with E-state index in [1.54, 1.807) is 11.3 Å². The number of hydrogen-bond donors (Lipinski definition) is 1. The second-order valence-corrected chi connectivity index (χ2v) is 6.15. The molecule has 0 bridgehead atoms. The quantitative estimate of drug-likeness (QED) is 0.745. The van der Waals surface area contributed by atoms with Gasteiger partial charge in [0.25, 0.3) is 0 Å². The van der Waals surface area contributed by atoms with Crippen LogP contribution in [0.25, 0.3) is 0 Å². The normalized spacial score (nSPS) is 12.3. The lowest BCUT2D eigenvalue weighted by atomic mass is 10.1. The minimum absolute atomic E-state index is 0.580. The molecule has 3 heteroatoms. The second-order valence-electron chi connectivity index (χ2n) is 5.37. The van der Waals surface area contributed by atoms with E-state index in [1.165, 1.54) is 17.5 Å². The van der Waals surface area contributed by atoms with E-state index >= 15 is 0 Å². The molecule has 1 N–H and O–H groups in total. The maximum atomic E-state index is 5.79. The summed E-state index contributed by atoms with van der Waals surface area (Å²) in [6, 6.07) is 11.3. The van der Waals surface area contributed by atoms with Gasteiger partial charge in [-0.1, -0.05) is 19.1 Å². The Morgan fingerprint density at radius 3 is 2.57 bits per heavy atom. The molecule has 0 fully saturated rings. The minimum Gasteiger partial charge on any atom is -0.493 e. The molecule has 0 amide bonds. The first-order valence-electron chi connectivity index (χ1n) is 7.74. The summed E-state index contributed by atoms with van der Waals surface area (Å²) in [5.41, 5.74) is 2.74. The van der Waals surface area contributed by atoms with E-state index in [1.807, 2.05) is 0 Å². The van der Waals surface area contributed by atoms with Crippen LogP contribution in [0.4, 0.5) is 0 Å². The molecule has 1 aromatic carbocycles. The van der Waals surface area contributed by atoms with Gasteiger partial charge in [0.1, 0.15) is 5.75 Å². The van der Waals surface area contributed by atoms with Gasteiger partial charge in [0, 0.05) is 12.5 Å². The average molecular weight is 303 g/mol. The summed E-state index contributed by atoms with van der Waals surface area (Å²) < 4.78 is 5.79. The lowest BCUT2D eigenvalue weighted by Gasteiger charge is -2.12. The molecule has 1 aromatic heterocycles. The number of nitrogens with one attached hydrogen (secondary N) is 1. The third-order valence-corrected chi connectivity index (χ3v) is 4.31. The van der Waals surface area contributed by atoms with Crippen LogP contribution in [-0.4, -0.2) is 19.2 Å². The molecule has 114 valence electrons. The van der Waals surface area contributed by atoms with Crippen molar-refractivity contribution < 1.29 is 4.74 Å². The minimum atomic E-state index is 0.580. The number of rotatable bonds is 9. The Kier molecular flexibility index (Phi) is 6.77. The van der Waals surface area contributed by atoms with E-state index in [0.29, 0.717) is 6.04 Å². The highest BCUT2D eigenvalue weighted by Gasteiger charge is 2.01. The third-order valence-electron chi connectivity index (χ3n) is 3.58. The van der Waals surface area contributed by atoms with Crippen LogP contribution in [0, 0.1) is 0 Å². The van der Waals surface area contributed by atoms with E-state index in [9.17, 15) is 0 Å². The predicted molar refractivity (Wildman–Crippen MR) is 91.4 cm³/mol. The molecule has 2 nitrogen and oxygen atoms in total. The summed E-state index contributed by atoms with van der Waals surface area (Å²) in [4.78, 5) is 0. The zero-order chi connectivity index (χ0) is 14.9. The van der Waals surface area contributed by atoms with Gasteiger partial charge >= 0.3 is 0 Å². The number of ether oxygens (including phenoxy) is 1. The second kappa shape index (κ2) is 8.85. The molecule has 0 aliphatic heterocycles. The van der Waals surface area contributed by atoms with Crippen molar-refractivity contribution in [2.45, 2.75) is 39.2 Å². The molecule has 1 heterocycles. The number of benzene rings is 1. The highest BCUT2D eigenvalue weighted by Crippen LogP contribution is 2.15. The van der Waals surface area contributed by atoms with E-state index < -0.39 is 0 Å². The van der Waals surface area contributed by atoms with Crippen LogP contribution in [0.2, 0.25) is 0 Å². The van der Waals surface area contributed by atoms with Crippen LogP contribution < -0.4 is 10.1 Å². The lowest BCUT2D eigenvalue weighted by molar-refractivity contribution is 0.322. The smallest absolute Gasteiger partial charge is 0.119 e. The fraction of sp³-hybridized carbons (Fsp3) is 0.444. The molecule has 0 aliphatic rings. The van der Waals surface area contributed by atoms with Gasteiger partial charge in [-0.2, -0.15) is 11.3 Å². The first-order valence-corrected chi connectivity index (χ1v) is 8.68. The van der Waals surface area contributed by atoms with E-state index in [2.05, 4.69) is 60.3 Å². The maximum absolute atomic E-state index is 5.79. The Balaban J connectivity index is 1.71. The van der Waals surface area contributed by atoms with Gasteiger partial charge in [0.05, 0.1) is 6.61 Å². The van der Waals surface area contributed by atoms with Gasteiger partial charge in [-0.15, -0.1) is 0 Å². The van der Waals surface area contributed by atoms with Crippen LogP contribution in [0.15, 0.2) is 41.1 Å². The monoisotopic (exact) mass is 303 g/mol. The van der Waals surface area contributed by atoms with Crippen molar-refractivity contribution in [3.63, 3.8) is 0 Å². The van der Waals surface area contributed by atoms with Crippen molar-refractivity contribution in [2.75, 3.05) is 13.2 Å². The fourth-order valence-electron chi connectivity index (χ4n) is 2.31. The van der Waals surface area contributed by atoms with Gasteiger partial charge in [0.2, 0.25) is 0 Å². The topological polar surface area (TPSA) is 21.3 Å². The van der Waals surface area contributed by atoms with Crippen LogP contribution >= 0.6 is 11.3 Å². The molecule has 0 spiro atoms. The van der Waals surface area contributed by atoms with E-state index in [4.69, 9.17) is 4.74 Å². The Labute approximate surface area is 132 Å². The van der Waals surface area contributed by atoms with Crippen molar-refractivity contribution in [2.24, 2.45) is 0 Å². The first kappa shape index (κ1) is 16.1. The molecule has 1 unspecified atom stereocenters. The number of aryl methyl sites for hydroxylation is 1. The van der Waals surface area contributed by atoms with Gasteiger partial charge in [0.15, 0.2) is 0 Å². The highest BCUT2D eigenvalue weighted by molar-refractivity contribution is 7.07. The summed E-state index contributed by atoms with van der Waals surface area (Å²) in [6.07, 6.45) is 3.26. The van der Waals surface area contributed by atoms with Crippen LogP contribution in [0.1, 0.15) is 31.4 Å². The van der Waals surface area contributed by atoms with E-state index in [0.717, 1.165) is 31.7 Å². The Morgan fingerprint density at radius 2 is 1.90 bits per heavy atom. The number of hydrogen-bond acceptors (Lipinski definition) is 3. The fourth-order valence-corrected chi connectivity index (χ4v) is 3.01. The van der Waals surface area contributed by atoms with Crippen LogP contribution in [-0.2, 0) is 12.8 Å². The Hall–Kier alpha value is -1.32. The Bertz CT molecular complexity index is 492. The molecular formula is C18H25NOS. The molecular weight excluding hydrogens is 278 g/mol. The molecule has 0 saturated heterocycles. The lowest BCUT2D eigenvalue weighted by Crippen LogP contribution is -2.25. The summed E-state index contributed by atoms with van der Waals surface area (Å²) in [5, 5.41) is 7.73. The van der Waals surface area contributed by atoms with Crippen molar-refractivity contribution in [3.8, 4) is 5.75 Å². The van der Waals surface area contributed by atoms with Crippen molar-refractivity contribution in [3.05, 3.63) is 52.2 Å². The third kappa shape index (κ3) is 5.90. The molecule has 0 radical (unpaired) electrons. The molecule has 2 rings (SSSR count). The molecule has 0 aliphatic carbocycles. The SMILES string of the molecule is CCNC(C)CCc1ccc(OCCc2ccsc2)cc1. The van der Waals surface area contributed by atoms with Gasteiger partial charge in [-0.05, 0) is 66.4 Å². The summed E-state index contributed by atoms with van der Waals surface area (Å²) in [6.45, 7) is 6.18. The molecule has 2 aromatic rings. The standard InChI is InChI=1S/C18H25NOS/c1-3-19-15(2)4-5-16-6-8-18(9-7-16)20-12-10-17-11-13-21-14-17/h6-9,11,13-15,19H,3-5,10,12H2,1-2H3. The largest absolute Gasteiger partial charge is 0.493 e. The highest BCUT2D eigenvalue weighted by atomic mass is 32.1. The van der Waals surface area contributed by atoms with Crippen molar-refractivity contribution in [1.82, 2.24) is 5.32 Å². The van der Waals surface area contributed by atoms with Crippen LogP contribution in [0.3, 0.4) is 0 Å². The first-order chi connectivity index (χ1) is 10.3. The van der Waals surface area contributed by atoms with Gasteiger partial charge in [-0.25, -0.2) is 0 Å². The molecule has 1 atom stereocenters. The van der Waals surface area contributed by atoms with Gasteiger partial charge in [-0.3, -0.25) is 0 Å². The average Bonchev–Trinajstić information content (AvgIpc) is 3.00. The predicted octanol–water partition coefficient (Wildman–Crippen LogP) is 4.30. The Morgan fingerprint density at radius 1 is 1.10 bits per heavy atom. The maximum Gasteiger partial charge on any atom is 0.119 e. The summed E-state index contributed by atoms with van der Waals surface area (Å²) in [7, 11) is 0. The summed E-state index contributed by atoms with van der Waals surface area (Å²) in [5.74, 6) is 0.966. The van der Waals surface area contributed by atoms with Gasteiger partial charge < -0.3 is 10.1 Å². The number of thiophene rings is 1. The summed E-state index contributed by atoms with van der Waals surface area (Å²) >= 11 is 1.74. The van der Waals surface area contributed by atoms with Crippen molar-refractivity contribution >= 4 is 11.3 Å². The molecule has 21 heavy (non-hydrogen) atoms.